The second-order valence-electron chi connectivity index (χ2n) is 4.49. The van der Waals surface area contributed by atoms with Crippen LogP contribution in [0.4, 0.5) is 5.82 Å². The highest BCUT2D eigenvalue weighted by Gasteiger charge is 2.12. The van der Waals surface area contributed by atoms with Gasteiger partial charge in [-0.1, -0.05) is 6.92 Å². The van der Waals surface area contributed by atoms with Crippen LogP contribution in [0.5, 0.6) is 6.01 Å². The second kappa shape index (κ2) is 6.04. The van der Waals surface area contributed by atoms with Crippen molar-refractivity contribution in [1.82, 2.24) is 24.9 Å². The van der Waals surface area contributed by atoms with Crippen molar-refractivity contribution >= 4 is 28.3 Å². The lowest BCUT2D eigenvalue weighted by Gasteiger charge is -2.04. The van der Waals surface area contributed by atoms with Gasteiger partial charge >= 0.3 is 0 Å². The summed E-state index contributed by atoms with van der Waals surface area (Å²) < 4.78 is 5.51. The Morgan fingerprint density at radius 2 is 2.24 bits per heavy atom. The number of imidazole rings is 1. The van der Waals surface area contributed by atoms with Gasteiger partial charge in [0.2, 0.25) is 0 Å². The molecule has 0 radical (unpaired) electrons. The molecule has 3 aromatic heterocycles. The van der Waals surface area contributed by atoms with Crippen LogP contribution in [0.3, 0.4) is 0 Å². The first-order valence-electron chi connectivity index (χ1n) is 6.75. The van der Waals surface area contributed by atoms with E-state index >= 15 is 0 Å². The van der Waals surface area contributed by atoms with Crippen LogP contribution in [-0.2, 0) is 6.54 Å². The van der Waals surface area contributed by atoms with E-state index in [1.54, 1.807) is 17.5 Å². The normalized spacial score (nSPS) is 11.0. The molecule has 0 unspecified atom stereocenters. The van der Waals surface area contributed by atoms with Crippen molar-refractivity contribution in [2.75, 3.05) is 11.9 Å². The molecule has 21 heavy (non-hydrogen) atoms. The van der Waals surface area contributed by atoms with Crippen molar-refractivity contribution in [3.05, 3.63) is 22.4 Å². The lowest BCUT2D eigenvalue weighted by atomic mass is 10.4. The number of hydrogen-bond acceptors (Lipinski definition) is 7. The molecule has 7 nitrogen and oxygen atoms in total. The molecule has 0 saturated heterocycles. The van der Waals surface area contributed by atoms with Crippen LogP contribution in [0.15, 0.2) is 11.6 Å². The van der Waals surface area contributed by atoms with E-state index in [1.807, 2.05) is 19.2 Å². The first kappa shape index (κ1) is 13.7. The van der Waals surface area contributed by atoms with E-state index in [2.05, 4.69) is 30.2 Å². The minimum atomic E-state index is 0.476. The molecule has 0 saturated carbocycles. The molecule has 3 aromatic rings. The fraction of sp³-hybridized carbons (Fsp3) is 0.385. The lowest BCUT2D eigenvalue weighted by Crippen LogP contribution is -2.03. The third-order valence-corrected chi connectivity index (χ3v) is 3.55. The van der Waals surface area contributed by atoms with E-state index in [-0.39, 0.29) is 0 Å². The lowest BCUT2D eigenvalue weighted by molar-refractivity contribution is 0.296. The van der Waals surface area contributed by atoms with Crippen molar-refractivity contribution in [1.29, 1.82) is 0 Å². The number of aromatic amines is 1. The summed E-state index contributed by atoms with van der Waals surface area (Å²) in [4.78, 5) is 20.5. The summed E-state index contributed by atoms with van der Waals surface area (Å²) in [5.74, 6) is 1.37. The third kappa shape index (κ3) is 3.10. The number of rotatable bonds is 6. The highest BCUT2D eigenvalue weighted by atomic mass is 32.1. The molecule has 8 heteroatoms. The van der Waals surface area contributed by atoms with Crippen LogP contribution in [0.1, 0.15) is 24.2 Å². The van der Waals surface area contributed by atoms with Gasteiger partial charge in [-0.2, -0.15) is 4.98 Å². The maximum absolute atomic E-state index is 5.51. The largest absolute Gasteiger partial charge is 0.465 e. The number of aromatic nitrogens is 5. The molecule has 0 aliphatic carbocycles. The van der Waals surface area contributed by atoms with Crippen molar-refractivity contribution in [3.63, 3.8) is 0 Å². The summed E-state index contributed by atoms with van der Waals surface area (Å²) in [6.07, 6.45) is 2.71. The van der Waals surface area contributed by atoms with Crippen LogP contribution in [0.2, 0.25) is 0 Å². The second-order valence-corrected chi connectivity index (χ2v) is 5.47. The minimum absolute atomic E-state index is 0.476. The summed E-state index contributed by atoms with van der Waals surface area (Å²) in [6.45, 7) is 5.13. The molecule has 0 atom stereocenters. The van der Waals surface area contributed by atoms with Gasteiger partial charge in [-0.25, -0.2) is 15.0 Å². The number of ether oxygens (including phenoxy) is 1. The van der Waals surface area contributed by atoms with Gasteiger partial charge in [-0.3, -0.25) is 4.98 Å². The molecular weight excluding hydrogens is 288 g/mol. The SMILES string of the molecule is CCCOc1nc2c(NCc3nccs3)nc(C)nc2[nH]1. The zero-order chi connectivity index (χ0) is 14.7. The zero-order valence-electron chi connectivity index (χ0n) is 11.9. The molecule has 110 valence electrons. The summed E-state index contributed by atoms with van der Waals surface area (Å²) in [6, 6.07) is 0.476. The number of nitrogens with zero attached hydrogens (tertiary/aromatic N) is 4. The van der Waals surface area contributed by atoms with Crippen molar-refractivity contribution in [2.45, 2.75) is 26.8 Å². The monoisotopic (exact) mass is 304 g/mol. The zero-order valence-corrected chi connectivity index (χ0v) is 12.7. The molecule has 3 rings (SSSR count). The molecular formula is C13H16N6OS. The van der Waals surface area contributed by atoms with E-state index in [4.69, 9.17) is 4.74 Å². The van der Waals surface area contributed by atoms with Gasteiger partial charge in [-0.15, -0.1) is 11.3 Å². The highest BCUT2D eigenvalue weighted by Crippen LogP contribution is 2.22. The predicted octanol–water partition coefficient (Wildman–Crippen LogP) is 2.52. The maximum atomic E-state index is 5.51. The maximum Gasteiger partial charge on any atom is 0.295 e. The molecule has 0 aliphatic heterocycles. The van der Waals surface area contributed by atoms with Gasteiger partial charge in [0.15, 0.2) is 17.0 Å². The number of nitrogens with one attached hydrogen (secondary N) is 2. The Morgan fingerprint density at radius 1 is 1.33 bits per heavy atom. The third-order valence-electron chi connectivity index (χ3n) is 2.77. The average Bonchev–Trinajstić information content (AvgIpc) is 3.11. The molecule has 0 bridgehead atoms. The summed E-state index contributed by atoms with van der Waals surface area (Å²) in [7, 11) is 0. The molecule has 0 amide bonds. The van der Waals surface area contributed by atoms with E-state index in [1.165, 1.54) is 0 Å². The number of aryl methyl sites for hydroxylation is 1. The molecule has 3 heterocycles. The van der Waals surface area contributed by atoms with Gasteiger partial charge < -0.3 is 10.1 Å². The number of hydrogen-bond donors (Lipinski definition) is 2. The molecule has 0 fully saturated rings. The topological polar surface area (TPSA) is 88.6 Å². The Hall–Kier alpha value is -2.22. The van der Waals surface area contributed by atoms with Crippen LogP contribution < -0.4 is 10.1 Å². The summed E-state index contributed by atoms with van der Waals surface area (Å²) >= 11 is 1.60. The minimum Gasteiger partial charge on any atom is -0.465 e. The first-order valence-corrected chi connectivity index (χ1v) is 7.63. The van der Waals surface area contributed by atoms with Crippen molar-refractivity contribution < 1.29 is 4.74 Å². The Morgan fingerprint density at radius 3 is 3.00 bits per heavy atom. The van der Waals surface area contributed by atoms with E-state index in [0.29, 0.717) is 42.0 Å². The van der Waals surface area contributed by atoms with E-state index in [9.17, 15) is 0 Å². The Labute approximate surface area is 125 Å². The average molecular weight is 304 g/mol. The molecule has 0 spiro atoms. The van der Waals surface area contributed by atoms with Crippen molar-refractivity contribution in [3.8, 4) is 6.01 Å². The van der Waals surface area contributed by atoms with Crippen LogP contribution in [0.25, 0.3) is 11.2 Å². The van der Waals surface area contributed by atoms with E-state index in [0.717, 1.165) is 11.4 Å². The number of H-pyrrole nitrogens is 1. The van der Waals surface area contributed by atoms with Gasteiger partial charge in [0.1, 0.15) is 10.8 Å². The standard InChI is InChI=1S/C13H16N6OS/c1-3-5-20-13-18-10-11(15-7-9-14-4-6-21-9)16-8(2)17-12(10)19-13/h4,6H,3,5,7H2,1-2H3,(H2,15,16,17,18,19). The van der Waals surface area contributed by atoms with Gasteiger partial charge in [0, 0.05) is 11.6 Å². The first-order chi connectivity index (χ1) is 10.3. The number of fused-ring (bicyclic) bond motifs is 1. The summed E-state index contributed by atoms with van der Waals surface area (Å²) in [5.41, 5.74) is 1.36. The van der Waals surface area contributed by atoms with Crippen LogP contribution in [0, 0.1) is 6.92 Å². The van der Waals surface area contributed by atoms with Gasteiger partial charge in [0.25, 0.3) is 6.01 Å². The van der Waals surface area contributed by atoms with Crippen LogP contribution >= 0.6 is 11.3 Å². The Bertz CT molecular complexity index is 724. The predicted molar refractivity (Wildman–Crippen MR) is 81.6 cm³/mol. The highest BCUT2D eigenvalue weighted by molar-refractivity contribution is 7.09. The van der Waals surface area contributed by atoms with Crippen LogP contribution in [-0.4, -0.2) is 31.5 Å². The number of anilines is 1. The van der Waals surface area contributed by atoms with Crippen molar-refractivity contribution in [2.24, 2.45) is 0 Å². The Kier molecular flexibility index (Phi) is 3.96. The molecule has 0 aromatic carbocycles. The molecule has 0 aliphatic rings. The summed E-state index contributed by atoms with van der Waals surface area (Å²) in [5, 5.41) is 6.20. The quantitative estimate of drug-likeness (QED) is 0.727. The fourth-order valence-corrected chi connectivity index (χ4v) is 2.44. The van der Waals surface area contributed by atoms with Gasteiger partial charge in [0.05, 0.1) is 13.2 Å². The van der Waals surface area contributed by atoms with Gasteiger partial charge in [-0.05, 0) is 13.3 Å². The smallest absolute Gasteiger partial charge is 0.295 e. The number of thiazole rings is 1. The molecule has 2 N–H and O–H groups in total. The van der Waals surface area contributed by atoms with E-state index < -0.39 is 0 Å². The fourth-order valence-electron chi connectivity index (χ4n) is 1.88. The Balaban J connectivity index is 1.87.